The molecular weight excluding hydrogens is 765 g/mol. The fourth-order valence-corrected chi connectivity index (χ4v) is 9.57. The van der Waals surface area contributed by atoms with Crippen molar-refractivity contribution in [3.63, 3.8) is 0 Å². The molecule has 2 aliphatic carbocycles. The molecule has 2 saturated carbocycles. The molecule has 1 aromatic heterocycles. The molecule has 1 saturated heterocycles. The van der Waals surface area contributed by atoms with Gasteiger partial charge in [-0.1, -0.05) is 25.0 Å². The van der Waals surface area contributed by atoms with Gasteiger partial charge in [-0.25, -0.2) is 27.0 Å². The minimum absolute atomic E-state index is 0.127. The lowest BCUT2D eigenvalue weighted by Gasteiger charge is -2.37. The molecule has 3 N–H and O–H groups in total. The van der Waals surface area contributed by atoms with Crippen LogP contribution < -0.4 is 24.8 Å². The van der Waals surface area contributed by atoms with Crippen molar-refractivity contribution in [3.8, 4) is 11.5 Å². The first-order valence-electron chi connectivity index (χ1n) is 19.6. The number of benzene rings is 1. The highest BCUT2D eigenvalue weighted by Crippen LogP contribution is 2.50. The second-order valence-corrected chi connectivity index (χ2v) is 19.6. The largest absolute Gasteiger partial charge is 0.497 e. The first-order valence-corrected chi connectivity index (χ1v) is 21.1. The third-order valence-corrected chi connectivity index (χ3v) is 14.1. The van der Waals surface area contributed by atoms with E-state index in [1.807, 2.05) is 12.2 Å². The van der Waals surface area contributed by atoms with Gasteiger partial charge < -0.3 is 29.7 Å². The van der Waals surface area contributed by atoms with Crippen molar-refractivity contribution in [3.05, 3.63) is 41.6 Å². The van der Waals surface area contributed by atoms with Crippen LogP contribution in [0.4, 0.5) is 13.6 Å². The molecule has 2 aromatic rings. The summed E-state index contributed by atoms with van der Waals surface area (Å²) >= 11 is 0. The number of sulfonamides is 1. The first-order chi connectivity index (χ1) is 26.8. The minimum atomic E-state index is -4.06. The van der Waals surface area contributed by atoms with Crippen LogP contribution >= 0.6 is 0 Å². The predicted octanol–water partition coefficient (Wildman–Crippen LogP) is 5.13. The lowest BCUT2D eigenvalue weighted by molar-refractivity contribution is -0.141. The molecule has 4 heterocycles. The van der Waals surface area contributed by atoms with Crippen LogP contribution in [0.15, 0.2) is 30.4 Å². The van der Waals surface area contributed by atoms with E-state index in [2.05, 4.69) is 20.3 Å². The van der Waals surface area contributed by atoms with Crippen molar-refractivity contribution < 1.29 is 50.6 Å². The Bertz CT molecular complexity index is 2120. The number of carbonyl (C=O) groups is 4. The van der Waals surface area contributed by atoms with E-state index < -0.39 is 85.4 Å². The van der Waals surface area contributed by atoms with Gasteiger partial charge in [0.25, 0.3) is 12.3 Å². The van der Waals surface area contributed by atoms with Gasteiger partial charge in [0.05, 0.1) is 23.9 Å². The Morgan fingerprint density at radius 3 is 2.54 bits per heavy atom. The van der Waals surface area contributed by atoms with Gasteiger partial charge in [0.2, 0.25) is 21.8 Å². The number of methoxy groups -OCH3 is 1. The molecule has 5 aliphatic rings. The van der Waals surface area contributed by atoms with Crippen LogP contribution in [0.1, 0.15) is 110 Å². The van der Waals surface area contributed by atoms with E-state index in [4.69, 9.17) is 14.2 Å². The standard InChI is InChI=1S/C40H51F2N5O9S/c1-37(2,3)56-36(51)44-28-12-10-8-6-7-9-11-23-20-40(23,35(50)46-57(52,53)38(4)17-18-38)45-33(48)29-21-39(22-47(29)34(28)49)16-15-25-26-19-24(54-5)13-14-27(26)43-30(32(41)42)31(25)55-39/h9,11,13-14,19,23,28-29,32H,6-8,10,12,15-18,20-22H2,1-5H3,(H,44,51)(H,45,48)(H,46,50)/b11-9-/t23-,28?,29-,39+,40+/m0/s1. The number of pyridine rings is 1. The Balaban J connectivity index is 1.26. The number of rotatable bonds is 6. The molecule has 1 aromatic carbocycles. The molecule has 3 fully saturated rings. The maximum atomic E-state index is 14.7. The van der Waals surface area contributed by atoms with Crippen LogP contribution in [-0.4, -0.2) is 89.3 Å². The van der Waals surface area contributed by atoms with E-state index in [1.54, 1.807) is 45.9 Å². The molecule has 57 heavy (non-hydrogen) atoms. The number of halogens is 2. The fourth-order valence-electron chi connectivity index (χ4n) is 8.26. The van der Waals surface area contributed by atoms with Crippen molar-refractivity contribution in [1.82, 2.24) is 25.2 Å². The number of alkyl halides is 2. The molecule has 0 bridgehead atoms. The zero-order valence-corrected chi connectivity index (χ0v) is 33.7. The highest BCUT2D eigenvalue weighted by atomic mass is 32.2. The van der Waals surface area contributed by atoms with Gasteiger partial charge in [-0.2, -0.15) is 0 Å². The van der Waals surface area contributed by atoms with Crippen molar-refractivity contribution in [1.29, 1.82) is 0 Å². The number of aryl methyl sites for hydroxylation is 1. The molecule has 0 radical (unpaired) electrons. The van der Waals surface area contributed by atoms with E-state index >= 15 is 0 Å². The van der Waals surface area contributed by atoms with E-state index in [1.165, 1.54) is 12.0 Å². The maximum Gasteiger partial charge on any atom is 0.408 e. The molecule has 5 atom stereocenters. The average Bonchev–Trinajstić information content (AvgIpc) is 4.03. The zero-order chi connectivity index (χ0) is 41.1. The number of alkyl carbamates (subject to hydrolysis) is 1. The average molecular weight is 816 g/mol. The fraction of sp³-hybridized carbons (Fsp3) is 0.625. The van der Waals surface area contributed by atoms with E-state index in [9.17, 15) is 36.4 Å². The summed E-state index contributed by atoms with van der Waals surface area (Å²) in [6.45, 7) is 6.42. The van der Waals surface area contributed by atoms with Crippen molar-refractivity contribution in [2.45, 2.75) is 138 Å². The quantitative estimate of drug-likeness (QED) is 0.331. The van der Waals surface area contributed by atoms with Gasteiger partial charge in [-0.3, -0.25) is 19.1 Å². The van der Waals surface area contributed by atoms with Crippen LogP contribution in [0.5, 0.6) is 11.5 Å². The van der Waals surface area contributed by atoms with Crippen molar-refractivity contribution >= 4 is 44.7 Å². The van der Waals surface area contributed by atoms with E-state index in [-0.39, 0.29) is 44.4 Å². The number of nitrogens with zero attached hydrogens (tertiary/aromatic N) is 2. The molecule has 4 amide bonds. The number of allylic oxidation sites excluding steroid dienone is 1. The summed E-state index contributed by atoms with van der Waals surface area (Å²) in [5.41, 5.74) is -3.56. The Morgan fingerprint density at radius 1 is 1.11 bits per heavy atom. The molecular formula is C40H51F2N5O9S. The lowest BCUT2D eigenvalue weighted by Crippen LogP contribution is -2.58. The Hall–Kier alpha value is -4.54. The van der Waals surface area contributed by atoms with Gasteiger partial charge in [0, 0.05) is 23.3 Å². The summed E-state index contributed by atoms with van der Waals surface area (Å²) in [6, 6.07) is 2.52. The Morgan fingerprint density at radius 2 is 1.86 bits per heavy atom. The molecule has 7 rings (SSSR count). The highest BCUT2D eigenvalue weighted by molar-refractivity contribution is 7.91. The summed E-state index contributed by atoms with van der Waals surface area (Å²) in [7, 11) is -2.56. The number of aromatic nitrogens is 1. The number of fused-ring (bicyclic) bond motifs is 5. The van der Waals surface area contributed by atoms with Crippen molar-refractivity contribution in [2.24, 2.45) is 5.92 Å². The second-order valence-electron chi connectivity index (χ2n) is 17.4. The molecule has 14 nitrogen and oxygen atoms in total. The number of hydrogen-bond donors (Lipinski definition) is 3. The monoisotopic (exact) mass is 815 g/mol. The SMILES string of the molecule is COc1ccc2nc(C(F)F)c3c(c2c1)CC[C@]1(C[C@H]2C(=O)N[C@]4(C(=O)NS(=O)(=O)C5(C)CC5)C[C@@H]4/C=C\CCCCCC(NC(=O)OC(C)(C)C)C(=O)N2C1)O3. The van der Waals surface area contributed by atoms with Gasteiger partial charge in [0.1, 0.15) is 40.3 Å². The third-order valence-electron chi connectivity index (χ3n) is 11.9. The van der Waals surface area contributed by atoms with Crippen LogP contribution in [0.2, 0.25) is 0 Å². The number of nitrogens with one attached hydrogen (secondary N) is 3. The summed E-state index contributed by atoms with van der Waals surface area (Å²) in [6.07, 6.45) is 3.99. The molecule has 1 unspecified atom stereocenters. The summed E-state index contributed by atoms with van der Waals surface area (Å²) in [4.78, 5) is 61.9. The normalized spacial score (nSPS) is 29.1. The first kappa shape index (κ1) is 40.6. The minimum Gasteiger partial charge on any atom is -0.497 e. The summed E-state index contributed by atoms with van der Waals surface area (Å²) in [5.74, 6) is -2.35. The van der Waals surface area contributed by atoms with Crippen LogP contribution in [0.25, 0.3) is 10.9 Å². The van der Waals surface area contributed by atoms with Gasteiger partial charge in [-0.05, 0) is 97.3 Å². The Kier molecular flexibility index (Phi) is 10.5. The zero-order valence-electron chi connectivity index (χ0n) is 32.9. The number of amides is 4. The third kappa shape index (κ3) is 8.00. The lowest BCUT2D eigenvalue weighted by atomic mass is 9.87. The van der Waals surface area contributed by atoms with Gasteiger partial charge >= 0.3 is 6.09 Å². The topological polar surface area (TPSA) is 182 Å². The van der Waals surface area contributed by atoms with Gasteiger partial charge in [0.15, 0.2) is 5.75 Å². The van der Waals surface area contributed by atoms with Crippen LogP contribution in [0.3, 0.4) is 0 Å². The van der Waals surface area contributed by atoms with Crippen molar-refractivity contribution in [2.75, 3.05) is 13.7 Å². The molecule has 1 spiro atoms. The van der Waals surface area contributed by atoms with E-state index in [0.29, 0.717) is 54.3 Å². The molecule has 310 valence electrons. The molecule has 3 aliphatic heterocycles. The number of ether oxygens (including phenoxy) is 3. The number of carbonyl (C=O) groups excluding carboxylic acids is 4. The Labute approximate surface area is 330 Å². The van der Waals surface area contributed by atoms with Gasteiger partial charge in [-0.15, -0.1) is 0 Å². The van der Waals surface area contributed by atoms with Crippen LogP contribution in [0, 0.1) is 5.92 Å². The van der Waals surface area contributed by atoms with E-state index in [0.717, 1.165) is 6.42 Å². The smallest absolute Gasteiger partial charge is 0.408 e. The number of hydrogen-bond acceptors (Lipinski definition) is 10. The summed E-state index contributed by atoms with van der Waals surface area (Å²) < 4.78 is 74.4. The second kappa shape index (κ2) is 14.7. The summed E-state index contributed by atoms with van der Waals surface area (Å²) in [5, 5.41) is 6.12. The highest BCUT2D eigenvalue weighted by Gasteiger charge is 2.64. The predicted molar refractivity (Wildman–Crippen MR) is 204 cm³/mol. The maximum absolute atomic E-state index is 14.7. The molecule has 17 heteroatoms. The van der Waals surface area contributed by atoms with Crippen LogP contribution in [-0.2, 0) is 35.6 Å².